The molecule has 1 saturated heterocycles. The molecule has 1 aliphatic rings. The molecule has 1 heterocycles. The van der Waals surface area contributed by atoms with Gasteiger partial charge in [0.05, 0.1) is 0 Å². The summed E-state index contributed by atoms with van der Waals surface area (Å²) in [7, 11) is 0. The van der Waals surface area contributed by atoms with E-state index in [2.05, 4.69) is 10.0 Å². The number of hydrogen-bond donors (Lipinski definition) is 0. The Hall–Kier alpha value is -1.55. The van der Waals surface area contributed by atoms with Gasteiger partial charge in [-0.15, -0.1) is 0 Å². The lowest BCUT2D eigenvalue weighted by Gasteiger charge is -2.12. The Balaban J connectivity index is 2.27. The van der Waals surface area contributed by atoms with Gasteiger partial charge in [-0.1, -0.05) is 5.11 Å². The first kappa shape index (κ1) is 10.5. The molecular weight excluding hydrogens is 184 g/mol. The SMILES string of the molecule is [N-]=[N+]=NCCCC(=O)N1CCCC1=O. The molecule has 2 amide bonds. The highest BCUT2D eigenvalue weighted by molar-refractivity contribution is 5.96. The summed E-state index contributed by atoms with van der Waals surface area (Å²) >= 11 is 0. The molecule has 0 spiro atoms. The Bertz CT molecular complexity index is 283. The fraction of sp³-hybridized carbons (Fsp3) is 0.750. The minimum atomic E-state index is -0.152. The van der Waals surface area contributed by atoms with Gasteiger partial charge in [0.1, 0.15) is 0 Å². The standard InChI is InChI=1S/C8H12N4O2/c9-11-10-5-1-3-7(13)12-6-2-4-8(12)14/h1-6H2. The molecule has 14 heavy (non-hydrogen) atoms. The average Bonchev–Trinajstić information content (AvgIpc) is 2.59. The van der Waals surface area contributed by atoms with Gasteiger partial charge in [-0.05, 0) is 18.4 Å². The molecule has 0 unspecified atom stereocenters. The molecule has 0 aliphatic carbocycles. The summed E-state index contributed by atoms with van der Waals surface area (Å²) in [5, 5.41) is 3.31. The quantitative estimate of drug-likeness (QED) is 0.293. The highest BCUT2D eigenvalue weighted by atomic mass is 16.2. The van der Waals surface area contributed by atoms with E-state index in [1.165, 1.54) is 4.90 Å². The van der Waals surface area contributed by atoms with Crippen LogP contribution in [0.4, 0.5) is 0 Å². The van der Waals surface area contributed by atoms with Crippen molar-refractivity contribution in [1.29, 1.82) is 0 Å². The van der Waals surface area contributed by atoms with Gasteiger partial charge >= 0.3 is 0 Å². The van der Waals surface area contributed by atoms with Crippen LogP contribution in [0.5, 0.6) is 0 Å². The number of nitrogens with zero attached hydrogens (tertiary/aromatic N) is 4. The second-order valence-corrected chi connectivity index (χ2v) is 3.10. The van der Waals surface area contributed by atoms with E-state index in [1.807, 2.05) is 0 Å². The van der Waals surface area contributed by atoms with E-state index >= 15 is 0 Å². The first-order valence-electron chi connectivity index (χ1n) is 4.60. The molecule has 0 N–H and O–H groups in total. The zero-order valence-corrected chi connectivity index (χ0v) is 7.85. The van der Waals surface area contributed by atoms with Crippen LogP contribution in [0.2, 0.25) is 0 Å². The number of azide groups is 1. The third-order valence-electron chi connectivity index (χ3n) is 2.09. The lowest BCUT2D eigenvalue weighted by molar-refractivity contribution is -0.141. The number of hydrogen-bond acceptors (Lipinski definition) is 3. The van der Waals surface area contributed by atoms with Crippen LogP contribution in [0.3, 0.4) is 0 Å². The molecule has 76 valence electrons. The number of carbonyl (C=O) groups excluding carboxylic acids is 2. The topological polar surface area (TPSA) is 86.1 Å². The Morgan fingerprint density at radius 3 is 3.00 bits per heavy atom. The van der Waals surface area contributed by atoms with Crippen LogP contribution in [-0.4, -0.2) is 29.8 Å². The van der Waals surface area contributed by atoms with Gasteiger partial charge in [0.2, 0.25) is 11.8 Å². The molecule has 0 aromatic rings. The van der Waals surface area contributed by atoms with Gasteiger partial charge < -0.3 is 0 Å². The van der Waals surface area contributed by atoms with Crippen molar-refractivity contribution in [2.75, 3.05) is 13.1 Å². The first-order valence-corrected chi connectivity index (χ1v) is 4.60. The van der Waals surface area contributed by atoms with Gasteiger partial charge in [0.15, 0.2) is 0 Å². The molecule has 1 fully saturated rings. The van der Waals surface area contributed by atoms with Gasteiger partial charge in [0, 0.05) is 30.8 Å². The zero-order chi connectivity index (χ0) is 10.4. The molecule has 0 radical (unpaired) electrons. The van der Waals surface area contributed by atoms with Gasteiger partial charge in [-0.3, -0.25) is 14.5 Å². The number of likely N-dealkylation sites (tertiary alicyclic amines) is 1. The normalized spacial score (nSPS) is 15.4. The summed E-state index contributed by atoms with van der Waals surface area (Å²) in [6.45, 7) is 0.851. The predicted octanol–water partition coefficient (Wildman–Crippen LogP) is 1.23. The van der Waals surface area contributed by atoms with Crippen LogP contribution >= 0.6 is 0 Å². The van der Waals surface area contributed by atoms with E-state index in [1.54, 1.807) is 0 Å². The van der Waals surface area contributed by atoms with Crippen molar-refractivity contribution in [3.8, 4) is 0 Å². The summed E-state index contributed by atoms with van der Waals surface area (Å²) in [5.74, 6) is -0.237. The highest BCUT2D eigenvalue weighted by Crippen LogP contribution is 2.11. The van der Waals surface area contributed by atoms with Crippen LogP contribution in [0.25, 0.3) is 10.4 Å². The van der Waals surface area contributed by atoms with E-state index in [0.29, 0.717) is 25.9 Å². The van der Waals surface area contributed by atoms with Crippen LogP contribution < -0.4 is 0 Å². The number of amides is 2. The van der Waals surface area contributed by atoms with E-state index in [-0.39, 0.29) is 18.2 Å². The van der Waals surface area contributed by atoms with E-state index in [9.17, 15) is 9.59 Å². The van der Waals surface area contributed by atoms with Crippen molar-refractivity contribution in [2.24, 2.45) is 5.11 Å². The van der Waals surface area contributed by atoms with Crippen LogP contribution in [-0.2, 0) is 9.59 Å². The third kappa shape index (κ3) is 2.74. The summed E-state index contributed by atoms with van der Waals surface area (Å²) in [6.07, 6.45) is 2.03. The summed E-state index contributed by atoms with van der Waals surface area (Å²) < 4.78 is 0. The molecule has 0 aromatic carbocycles. The van der Waals surface area contributed by atoms with Crippen molar-refractivity contribution in [1.82, 2.24) is 4.90 Å². The second-order valence-electron chi connectivity index (χ2n) is 3.10. The molecule has 0 bridgehead atoms. The maximum Gasteiger partial charge on any atom is 0.229 e. The maximum absolute atomic E-state index is 11.4. The Morgan fingerprint density at radius 2 is 2.43 bits per heavy atom. The van der Waals surface area contributed by atoms with Crippen molar-refractivity contribution >= 4 is 11.8 Å². The van der Waals surface area contributed by atoms with Crippen molar-refractivity contribution in [3.63, 3.8) is 0 Å². The summed E-state index contributed by atoms with van der Waals surface area (Å²) in [6, 6.07) is 0. The van der Waals surface area contributed by atoms with Gasteiger partial charge in [-0.2, -0.15) is 0 Å². The molecule has 0 saturated carbocycles. The summed E-state index contributed by atoms with van der Waals surface area (Å²) in [4.78, 5) is 26.4. The van der Waals surface area contributed by atoms with Crippen LogP contribution in [0.15, 0.2) is 5.11 Å². The second kappa shape index (κ2) is 5.24. The number of imide groups is 1. The van der Waals surface area contributed by atoms with Crippen LogP contribution in [0, 0.1) is 0 Å². The highest BCUT2D eigenvalue weighted by Gasteiger charge is 2.25. The molecular formula is C8H12N4O2. The largest absolute Gasteiger partial charge is 0.283 e. The smallest absolute Gasteiger partial charge is 0.229 e. The van der Waals surface area contributed by atoms with E-state index < -0.39 is 0 Å². The lowest BCUT2D eigenvalue weighted by atomic mass is 10.3. The monoisotopic (exact) mass is 196 g/mol. The predicted molar refractivity (Wildman–Crippen MR) is 49.2 cm³/mol. The molecule has 6 nitrogen and oxygen atoms in total. The van der Waals surface area contributed by atoms with Gasteiger partial charge in [0.25, 0.3) is 0 Å². The van der Waals surface area contributed by atoms with Crippen molar-refractivity contribution in [3.05, 3.63) is 10.4 Å². The molecule has 1 rings (SSSR count). The molecule has 6 heteroatoms. The van der Waals surface area contributed by atoms with Crippen molar-refractivity contribution < 1.29 is 9.59 Å². The zero-order valence-electron chi connectivity index (χ0n) is 7.85. The van der Waals surface area contributed by atoms with Crippen LogP contribution in [0.1, 0.15) is 25.7 Å². The Kier molecular flexibility index (Phi) is 3.94. The Morgan fingerprint density at radius 1 is 1.64 bits per heavy atom. The van der Waals surface area contributed by atoms with E-state index in [0.717, 1.165) is 6.42 Å². The fourth-order valence-corrected chi connectivity index (χ4v) is 1.39. The number of carbonyl (C=O) groups is 2. The molecule has 1 aliphatic heterocycles. The molecule has 0 atom stereocenters. The fourth-order valence-electron chi connectivity index (χ4n) is 1.39. The first-order chi connectivity index (χ1) is 6.75. The minimum absolute atomic E-state index is 0.0845. The minimum Gasteiger partial charge on any atom is -0.283 e. The number of rotatable bonds is 4. The lowest BCUT2D eigenvalue weighted by Crippen LogP contribution is -2.31. The van der Waals surface area contributed by atoms with Crippen molar-refractivity contribution in [2.45, 2.75) is 25.7 Å². The average molecular weight is 196 g/mol. The molecule has 0 aromatic heterocycles. The maximum atomic E-state index is 11.4. The summed E-state index contributed by atoms with van der Waals surface area (Å²) in [5.41, 5.74) is 7.99. The van der Waals surface area contributed by atoms with E-state index in [4.69, 9.17) is 5.53 Å². The Labute approximate surface area is 81.5 Å². The third-order valence-corrected chi connectivity index (χ3v) is 2.09. The van der Waals surface area contributed by atoms with Gasteiger partial charge in [-0.25, -0.2) is 0 Å².